The number of H-pyrrole nitrogens is 1. The maximum absolute atomic E-state index is 14.0. The van der Waals surface area contributed by atoms with E-state index in [9.17, 15) is 19.2 Å². The van der Waals surface area contributed by atoms with E-state index in [-0.39, 0.29) is 5.91 Å². The molecule has 3 amide bonds. The third-order valence-corrected chi connectivity index (χ3v) is 7.52. The van der Waals surface area contributed by atoms with E-state index in [1.165, 1.54) is 5.56 Å². The van der Waals surface area contributed by atoms with Gasteiger partial charge in [0.05, 0.1) is 6.61 Å². The number of piperidine rings is 1. The molecule has 1 aliphatic rings. The Morgan fingerprint density at radius 1 is 1.04 bits per heavy atom. The molecule has 2 atom stereocenters. The summed E-state index contributed by atoms with van der Waals surface area (Å²) in [5, 5.41) is 6.65. The van der Waals surface area contributed by atoms with Crippen LogP contribution in [0.5, 0.6) is 0 Å². The Hall–Kier alpha value is -4.34. The Labute approximate surface area is 266 Å². The molecule has 3 aromatic rings. The molecule has 0 radical (unpaired) electrons. The summed E-state index contributed by atoms with van der Waals surface area (Å²) in [7, 11) is 0. The lowest BCUT2D eigenvalue weighted by molar-refractivity contribution is -0.139. The van der Waals surface area contributed by atoms with Crippen molar-refractivity contribution in [3.05, 3.63) is 71.9 Å². The van der Waals surface area contributed by atoms with Crippen LogP contribution in [-0.4, -0.2) is 71.1 Å². The lowest BCUT2D eigenvalue weighted by Crippen LogP contribution is -2.60. The first kappa shape index (κ1) is 35.1. The molecular formula is C35H48N4O6. The summed E-state index contributed by atoms with van der Waals surface area (Å²) < 4.78 is 9.51. The number of aromatic amines is 1. The van der Waals surface area contributed by atoms with Crippen molar-refractivity contribution >= 4 is 35.3 Å². The van der Waals surface area contributed by atoms with Crippen molar-refractivity contribution < 1.29 is 28.7 Å². The van der Waals surface area contributed by atoms with Crippen LogP contribution >= 0.6 is 0 Å². The van der Waals surface area contributed by atoms with Crippen molar-refractivity contribution in [3.63, 3.8) is 0 Å². The minimum atomic E-state index is -1.29. The zero-order valence-electron chi connectivity index (χ0n) is 27.4. The van der Waals surface area contributed by atoms with E-state index in [0.29, 0.717) is 38.5 Å². The average molecular weight is 621 g/mol. The Balaban J connectivity index is 0.00000102. The van der Waals surface area contributed by atoms with E-state index in [4.69, 9.17) is 4.74 Å². The lowest BCUT2D eigenvalue weighted by atomic mass is 9.90. The molecule has 45 heavy (non-hydrogen) atoms. The van der Waals surface area contributed by atoms with Crippen LogP contribution in [0.4, 0.5) is 4.79 Å². The Bertz CT molecular complexity index is 1410. The fourth-order valence-electron chi connectivity index (χ4n) is 5.34. The van der Waals surface area contributed by atoms with Gasteiger partial charge in [-0.15, -0.1) is 0 Å². The Kier molecular flexibility index (Phi) is 12.6. The van der Waals surface area contributed by atoms with Crippen LogP contribution in [0.3, 0.4) is 0 Å². The minimum absolute atomic E-state index is 0.107. The highest BCUT2D eigenvalue weighted by atomic mass is 16.6. The maximum Gasteiger partial charge on any atom is 0.408 e. The first-order valence-electron chi connectivity index (χ1n) is 15.6. The number of aromatic nitrogens is 1. The largest absolute Gasteiger partial charge is 0.468 e. The van der Waals surface area contributed by atoms with Crippen molar-refractivity contribution in [3.8, 4) is 0 Å². The van der Waals surface area contributed by atoms with E-state index in [1.807, 2.05) is 53.6 Å². The summed E-state index contributed by atoms with van der Waals surface area (Å²) in [6.45, 7) is 12.5. The van der Waals surface area contributed by atoms with Crippen LogP contribution in [0.1, 0.15) is 65.5 Å². The topological polar surface area (TPSA) is 130 Å². The second-order valence-corrected chi connectivity index (χ2v) is 12.9. The molecule has 10 nitrogen and oxygen atoms in total. The number of hydrogen-bond donors (Lipinski definition) is 3. The molecule has 2 heterocycles. The van der Waals surface area contributed by atoms with Crippen molar-refractivity contribution in [2.24, 2.45) is 5.92 Å². The average Bonchev–Trinajstić information content (AvgIpc) is 3.39. The number of likely N-dealkylation sites (tertiary alicyclic amines) is 1. The molecule has 1 aromatic heterocycles. The highest BCUT2D eigenvalue weighted by molar-refractivity contribution is 5.94. The number of alkyl carbamates (subject to hydrolysis) is 1. The normalized spacial score (nSPS) is 15.7. The van der Waals surface area contributed by atoms with Gasteiger partial charge in [0.2, 0.25) is 11.8 Å². The molecule has 10 heteroatoms. The first-order valence-corrected chi connectivity index (χ1v) is 15.6. The fraction of sp³-hybridized carbons (Fsp3) is 0.486. The monoisotopic (exact) mass is 620 g/mol. The van der Waals surface area contributed by atoms with Crippen molar-refractivity contribution in [1.29, 1.82) is 0 Å². The number of carbonyl (C=O) groups is 4. The van der Waals surface area contributed by atoms with Crippen molar-refractivity contribution in [2.45, 2.75) is 84.4 Å². The van der Waals surface area contributed by atoms with Crippen LogP contribution in [-0.2, 0) is 36.7 Å². The number of para-hydroxylation sites is 1. The first-order chi connectivity index (χ1) is 21.3. The maximum atomic E-state index is 14.0. The molecule has 1 unspecified atom stereocenters. The third-order valence-electron chi connectivity index (χ3n) is 7.52. The molecule has 0 aliphatic carbocycles. The number of rotatable bonds is 10. The summed E-state index contributed by atoms with van der Waals surface area (Å²) in [5.41, 5.74) is 1.20. The molecular weight excluding hydrogens is 572 g/mol. The molecule has 244 valence electrons. The van der Waals surface area contributed by atoms with Gasteiger partial charge in [-0.1, -0.05) is 48.5 Å². The summed E-state index contributed by atoms with van der Waals surface area (Å²) >= 11 is 0. The number of nitrogens with zero attached hydrogens (tertiary/aromatic N) is 1. The quantitative estimate of drug-likeness (QED) is 0.269. The number of fused-ring (bicyclic) bond motifs is 1. The van der Waals surface area contributed by atoms with E-state index in [0.717, 1.165) is 35.7 Å². The lowest BCUT2D eigenvalue weighted by Gasteiger charge is -2.36. The van der Waals surface area contributed by atoms with Gasteiger partial charge in [-0.3, -0.25) is 14.4 Å². The number of benzene rings is 2. The van der Waals surface area contributed by atoms with Gasteiger partial charge in [0.25, 0.3) is 6.47 Å². The number of ether oxygens (including phenoxy) is 2. The van der Waals surface area contributed by atoms with E-state index >= 15 is 0 Å². The summed E-state index contributed by atoms with van der Waals surface area (Å²) in [6, 6.07) is 17.5. The zero-order chi connectivity index (χ0) is 33.0. The van der Waals surface area contributed by atoms with Crippen LogP contribution in [0.15, 0.2) is 60.8 Å². The smallest absolute Gasteiger partial charge is 0.408 e. The van der Waals surface area contributed by atoms with E-state index in [2.05, 4.69) is 32.5 Å². The van der Waals surface area contributed by atoms with Gasteiger partial charge in [-0.2, -0.15) is 0 Å². The van der Waals surface area contributed by atoms with Crippen molar-refractivity contribution in [1.82, 2.24) is 20.5 Å². The number of amides is 3. The van der Waals surface area contributed by atoms with Gasteiger partial charge in [-0.05, 0) is 83.9 Å². The minimum Gasteiger partial charge on any atom is -0.468 e. The predicted octanol–water partition coefficient (Wildman–Crippen LogP) is 5.16. The summed E-state index contributed by atoms with van der Waals surface area (Å²) in [5.74, 6) is -0.200. The number of hydrogen-bond acceptors (Lipinski definition) is 6. The third kappa shape index (κ3) is 11.0. The van der Waals surface area contributed by atoms with Crippen molar-refractivity contribution in [2.75, 3.05) is 19.7 Å². The highest BCUT2D eigenvalue weighted by Gasteiger charge is 2.36. The number of nitrogens with one attached hydrogen (secondary N) is 3. The van der Waals surface area contributed by atoms with Crippen LogP contribution < -0.4 is 10.6 Å². The van der Waals surface area contributed by atoms with Gasteiger partial charge in [0.15, 0.2) is 0 Å². The molecule has 0 bridgehead atoms. The zero-order valence-corrected chi connectivity index (χ0v) is 27.4. The van der Waals surface area contributed by atoms with Crippen LogP contribution in [0.2, 0.25) is 0 Å². The summed E-state index contributed by atoms with van der Waals surface area (Å²) in [6.07, 6.45) is 4.43. The highest BCUT2D eigenvalue weighted by Crippen LogP contribution is 2.24. The second-order valence-electron chi connectivity index (χ2n) is 12.9. The van der Waals surface area contributed by atoms with E-state index in [1.54, 1.807) is 41.5 Å². The molecule has 3 N–H and O–H groups in total. The predicted molar refractivity (Wildman–Crippen MR) is 175 cm³/mol. The van der Waals surface area contributed by atoms with Crippen LogP contribution in [0.25, 0.3) is 10.9 Å². The summed E-state index contributed by atoms with van der Waals surface area (Å²) in [4.78, 5) is 54.3. The van der Waals surface area contributed by atoms with Gasteiger partial charge in [-0.25, -0.2) is 4.79 Å². The van der Waals surface area contributed by atoms with Gasteiger partial charge >= 0.3 is 6.09 Å². The number of carbonyl (C=O) groups excluding carboxylic acids is 4. The standard InChI is InChI=1S/C32H42N4O4.C3H6O2/c1-31(2,3)40-30(39)35-32(4,5)29(38)34-27(19-24-20-33-26-16-10-9-15-25(24)26)28(37)36-17-11-14-23(21-36)18-22-12-7-6-8-13-22;1-2-5-3-4/h6-10,12-13,15-16,20,23,27,33H,11,14,17-19,21H2,1-5H3,(H,34,38)(H,35,39);3H,2H2,1H3/t23-,27?;/m1./s1. The molecule has 2 aromatic carbocycles. The van der Waals surface area contributed by atoms with Crippen LogP contribution in [0, 0.1) is 5.92 Å². The SMILES string of the molecule is CC(C)(C)OC(=O)NC(C)(C)C(=O)NC(Cc1c[nH]c2ccccc12)C(=O)N1CCC[C@H](Cc2ccccc2)C1.CCOC=O. The Morgan fingerprint density at radius 2 is 1.73 bits per heavy atom. The van der Waals surface area contributed by atoms with E-state index < -0.39 is 29.2 Å². The van der Waals surface area contributed by atoms with Gasteiger partial charge in [0, 0.05) is 36.6 Å². The molecule has 0 saturated carbocycles. The molecule has 1 aliphatic heterocycles. The van der Waals surface area contributed by atoms with Gasteiger partial charge in [0.1, 0.15) is 17.2 Å². The molecule has 0 spiro atoms. The molecule has 1 saturated heterocycles. The fourth-order valence-corrected chi connectivity index (χ4v) is 5.34. The molecule has 4 rings (SSSR count). The molecule has 1 fully saturated rings. The second kappa shape index (κ2) is 16.1. The van der Waals surface area contributed by atoms with Gasteiger partial charge < -0.3 is 30.0 Å². The Morgan fingerprint density at radius 3 is 2.38 bits per heavy atom.